The van der Waals surface area contributed by atoms with Crippen LogP contribution < -0.4 is 15.4 Å². The van der Waals surface area contributed by atoms with Gasteiger partial charge in [-0.25, -0.2) is 4.79 Å². The molecule has 0 bridgehead atoms. The highest BCUT2D eigenvalue weighted by Gasteiger charge is 2.68. The molecule has 9 heteroatoms. The van der Waals surface area contributed by atoms with E-state index >= 15 is 0 Å². The second kappa shape index (κ2) is 11.8. The van der Waals surface area contributed by atoms with Crippen LogP contribution in [0.3, 0.4) is 0 Å². The predicted molar refractivity (Wildman–Crippen MR) is 156 cm³/mol. The number of benzene rings is 3. The standard InChI is InChI=1S/C32H31N3O5S/c36-27(21-39-25-14-8-3-9-15-25)34-32(24-16-18-33-20-24)30(38)35-26(17-19-41-31(32)35)29(37)40-28(22-10-4-1-5-11-22)23-12-6-2-7-13-23/h1-15,17,24,28,31,33H,16,18-21H2,(H,34,36)/t24-,31-,32+/m0/s1. The van der Waals surface area contributed by atoms with Gasteiger partial charge >= 0.3 is 5.97 Å². The maximum absolute atomic E-state index is 14.0. The number of β-lactam (4-membered cyclic amide) rings is 1. The Kier molecular flexibility index (Phi) is 7.80. The summed E-state index contributed by atoms with van der Waals surface area (Å²) in [6, 6.07) is 28.2. The lowest BCUT2D eigenvalue weighted by molar-refractivity contribution is -0.165. The van der Waals surface area contributed by atoms with Crippen molar-refractivity contribution in [2.24, 2.45) is 5.92 Å². The van der Waals surface area contributed by atoms with Crippen molar-refractivity contribution in [1.29, 1.82) is 0 Å². The quantitative estimate of drug-likeness (QED) is 0.300. The SMILES string of the molecule is O=C(COc1ccccc1)N[C@]1([C@H]2CCNC2)C(=O)N2C(C(=O)OC(c3ccccc3)c3ccccc3)=CCS[C@H]21. The monoisotopic (exact) mass is 569 g/mol. The minimum Gasteiger partial charge on any atom is -0.484 e. The summed E-state index contributed by atoms with van der Waals surface area (Å²) in [5.74, 6) is -0.262. The summed E-state index contributed by atoms with van der Waals surface area (Å²) in [6.45, 7) is 1.15. The first-order valence-electron chi connectivity index (χ1n) is 13.7. The van der Waals surface area contributed by atoms with E-state index < -0.39 is 23.0 Å². The second-order valence-electron chi connectivity index (χ2n) is 10.3. The molecule has 0 radical (unpaired) electrons. The van der Waals surface area contributed by atoms with E-state index in [2.05, 4.69) is 10.6 Å². The van der Waals surface area contributed by atoms with E-state index in [1.807, 2.05) is 78.9 Å². The number of carbonyl (C=O) groups is 3. The van der Waals surface area contributed by atoms with Crippen molar-refractivity contribution in [3.05, 3.63) is 114 Å². The van der Waals surface area contributed by atoms with E-state index in [1.165, 1.54) is 16.7 Å². The van der Waals surface area contributed by atoms with Gasteiger partial charge in [0.15, 0.2) is 18.2 Å². The maximum Gasteiger partial charge on any atom is 0.355 e. The summed E-state index contributed by atoms with van der Waals surface area (Å²) in [7, 11) is 0. The van der Waals surface area contributed by atoms with E-state index in [4.69, 9.17) is 9.47 Å². The molecule has 0 aromatic heterocycles. The van der Waals surface area contributed by atoms with Gasteiger partial charge in [-0.15, -0.1) is 11.8 Å². The zero-order valence-corrected chi connectivity index (χ0v) is 23.2. The van der Waals surface area contributed by atoms with Crippen molar-refractivity contribution >= 4 is 29.5 Å². The van der Waals surface area contributed by atoms with E-state index in [1.54, 1.807) is 18.2 Å². The van der Waals surface area contributed by atoms with Crippen molar-refractivity contribution in [1.82, 2.24) is 15.5 Å². The van der Waals surface area contributed by atoms with Gasteiger partial charge in [0.25, 0.3) is 11.8 Å². The smallest absolute Gasteiger partial charge is 0.355 e. The number of hydrogen-bond donors (Lipinski definition) is 2. The molecule has 8 nitrogen and oxygen atoms in total. The second-order valence-corrected chi connectivity index (χ2v) is 11.4. The molecular formula is C32H31N3O5S. The number of nitrogens with one attached hydrogen (secondary N) is 2. The normalized spacial score (nSPS) is 23.3. The molecule has 3 heterocycles. The third-order valence-corrected chi connectivity index (χ3v) is 9.05. The minimum absolute atomic E-state index is 0.110. The fourth-order valence-electron chi connectivity index (χ4n) is 5.81. The van der Waals surface area contributed by atoms with Crippen LogP contribution in [0.5, 0.6) is 5.75 Å². The lowest BCUT2D eigenvalue weighted by Crippen LogP contribution is -2.82. The highest BCUT2D eigenvalue weighted by molar-refractivity contribution is 8.00. The van der Waals surface area contributed by atoms with Crippen LogP contribution in [0, 0.1) is 5.92 Å². The molecule has 0 unspecified atom stereocenters. The maximum atomic E-state index is 14.0. The number of para-hydroxylation sites is 1. The van der Waals surface area contributed by atoms with E-state index in [0.717, 1.165) is 24.1 Å². The minimum atomic E-state index is -1.14. The van der Waals surface area contributed by atoms with Gasteiger partial charge in [-0.1, -0.05) is 78.9 Å². The van der Waals surface area contributed by atoms with Crippen molar-refractivity contribution < 1.29 is 23.9 Å². The number of nitrogens with zero attached hydrogens (tertiary/aromatic N) is 1. The third kappa shape index (κ3) is 5.23. The molecule has 3 atom stereocenters. The largest absolute Gasteiger partial charge is 0.484 e. The first-order chi connectivity index (χ1) is 20.1. The molecule has 210 valence electrons. The Labute approximate surface area is 243 Å². The topological polar surface area (TPSA) is 97.0 Å². The molecule has 2 fully saturated rings. The average molecular weight is 570 g/mol. The van der Waals surface area contributed by atoms with Gasteiger partial charge < -0.3 is 20.1 Å². The number of fused-ring (bicyclic) bond motifs is 1. The number of amides is 2. The Morgan fingerprint density at radius 2 is 1.61 bits per heavy atom. The van der Waals surface area contributed by atoms with Crippen LogP contribution in [0.15, 0.2) is 103 Å². The van der Waals surface area contributed by atoms with Crippen LogP contribution in [0.4, 0.5) is 0 Å². The summed E-state index contributed by atoms with van der Waals surface area (Å²) in [5.41, 5.74) is 0.748. The van der Waals surface area contributed by atoms with Crippen LogP contribution in [0.2, 0.25) is 0 Å². The number of ether oxygens (including phenoxy) is 2. The number of thioether (sulfide) groups is 1. The predicted octanol–water partition coefficient (Wildman–Crippen LogP) is 3.66. The van der Waals surface area contributed by atoms with Crippen molar-refractivity contribution in [3.63, 3.8) is 0 Å². The third-order valence-electron chi connectivity index (χ3n) is 7.79. The Hall–Kier alpha value is -4.08. The van der Waals surface area contributed by atoms with Gasteiger partial charge in [0.05, 0.1) is 0 Å². The molecule has 3 aromatic rings. The van der Waals surface area contributed by atoms with Gasteiger partial charge in [-0.05, 0) is 42.3 Å². The van der Waals surface area contributed by atoms with Gasteiger partial charge in [0.1, 0.15) is 16.8 Å². The Bertz CT molecular complexity index is 1390. The van der Waals surface area contributed by atoms with Crippen molar-refractivity contribution in [3.8, 4) is 5.75 Å². The molecule has 2 amide bonds. The lowest BCUT2D eigenvalue weighted by atomic mass is 9.74. The molecule has 6 rings (SSSR count). The van der Waals surface area contributed by atoms with Crippen LogP contribution in [-0.4, -0.2) is 59.0 Å². The molecule has 0 saturated carbocycles. The number of esters is 1. The van der Waals surface area contributed by atoms with E-state index in [0.29, 0.717) is 18.0 Å². The van der Waals surface area contributed by atoms with Crippen molar-refractivity contribution in [2.75, 3.05) is 25.4 Å². The molecule has 2 saturated heterocycles. The van der Waals surface area contributed by atoms with Crippen molar-refractivity contribution in [2.45, 2.75) is 23.4 Å². The molecule has 3 aromatic carbocycles. The number of rotatable bonds is 9. The summed E-state index contributed by atoms with van der Waals surface area (Å²) in [4.78, 5) is 42.4. The first kappa shape index (κ1) is 27.1. The highest BCUT2D eigenvalue weighted by atomic mass is 32.2. The van der Waals surface area contributed by atoms with Gasteiger partial charge in [0, 0.05) is 18.2 Å². The summed E-state index contributed by atoms with van der Waals surface area (Å²) in [6.07, 6.45) is 1.85. The van der Waals surface area contributed by atoms with Gasteiger partial charge in [-0.3, -0.25) is 14.5 Å². The van der Waals surface area contributed by atoms with Crippen LogP contribution in [0.25, 0.3) is 0 Å². The number of carbonyl (C=O) groups excluding carboxylic acids is 3. The molecule has 2 N–H and O–H groups in total. The summed E-state index contributed by atoms with van der Waals surface area (Å²) >= 11 is 1.54. The molecular weight excluding hydrogens is 538 g/mol. The molecule has 0 spiro atoms. The fourth-order valence-corrected chi connectivity index (χ4v) is 7.22. The highest BCUT2D eigenvalue weighted by Crippen LogP contribution is 2.49. The van der Waals surface area contributed by atoms with Crippen LogP contribution >= 0.6 is 11.8 Å². The summed E-state index contributed by atoms with van der Waals surface area (Å²) < 4.78 is 11.8. The lowest BCUT2D eigenvalue weighted by Gasteiger charge is -2.59. The zero-order valence-electron chi connectivity index (χ0n) is 22.4. The summed E-state index contributed by atoms with van der Waals surface area (Å²) in [5, 5.41) is 5.94. The average Bonchev–Trinajstić information content (AvgIpc) is 3.57. The van der Waals surface area contributed by atoms with E-state index in [9.17, 15) is 14.4 Å². The molecule has 41 heavy (non-hydrogen) atoms. The van der Waals surface area contributed by atoms with E-state index in [-0.39, 0.29) is 30.0 Å². The molecule has 0 aliphatic carbocycles. The number of hydrogen-bond acceptors (Lipinski definition) is 7. The first-order valence-corrected chi connectivity index (χ1v) is 14.8. The molecule has 3 aliphatic rings. The van der Waals surface area contributed by atoms with Gasteiger partial charge in [0.2, 0.25) is 0 Å². The Balaban J connectivity index is 1.22. The van der Waals surface area contributed by atoms with Crippen LogP contribution in [0.1, 0.15) is 23.7 Å². The zero-order chi connectivity index (χ0) is 28.2. The Morgan fingerprint density at radius 3 is 2.22 bits per heavy atom. The fraction of sp³-hybridized carbons (Fsp3) is 0.281. The van der Waals surface area contributed by atoms with Crippen LogP contribution in [-0.2, 0) is 19.1 Å². The molecule has 3 aliphatic heterocycles. The van der Waals surface area contributed by atoms with Gasteiger partial charge in [-0.2, -0.15) is 0 Å². The Morgan fingerprint density at radius 1 is 0.976 bits per heavy atom.